The molecule has 0 bridgehead atoms. The van der Waals surface area contributed by atoms with Crippen molar-refractivity contribution in [1.82, 2.24) is 20.0 Å². The minimum Gasteiger partial charge on any atom is -0.419 e. The third-order valence-corrected chi connectivity index (χ3v) is 5.13. The summed E-state index contributed by atoms with van der Waals surface area (Å²) in [6, 6.07) is 16.8. The van der Waals surface area contributed by atoms with Gasteiger partial charge in [0.15, 0.2) is 0 Å². The first-order valence-corrected chi connectivity index (χ1v) is 9.29. The van der Waals surface area contributed by atoms with Crippen LogP contribution in [0.25, 0.3) is 11.5 Å². The summed E-state index contributed by atoms with van der Waals surface area (Å²) in [7, 11) is 0. The zero-order chi connectivity index (χ0) is 18.6. The maximum absolute atomic E-state index is 13.8. The van der Waals surface area contributed by atoms with Crippen LogP contribution in [0.15, 0.2) is 59.0 Å². The molecule has 4 rings (SSSR count). The second-order valence-electron chi connectivity index (χ2n) is 6.89. The van der Waals surface area contributed by atoms with Crippen LogP contribution in [0.3, 0.4) is 0 Å². The predicted octanol–water partition coefficient (Wildman–Crippen LogP) is 3.75. The highest BCUT2D eigenvalue weighted by molar-refractivity contribution is 5.51. The van der Waals surface area contributed by atoms with Crippen molar-refractivity contribution in [2.75, 3.05) is 26.2 Å². The SMILES string of the molecule is CC(c1nnc(-c2ccccc2)o1)N1CCN(Cc2ccccc2F)CC1. The summed E-state index contributed by atoms with van der Waals surface area (Å²) in [5, 5.41) is 8.43. The number of piperazine rings is 1. The van der Waals surface area contributed by atoms with E-state index in [1.807, 2.05) is 42.5 Å². The van der Waals surface area contributed by atoms with Gasteiger partial charge in [-0.2, -0.15) is 0 Å². The number of rotatable bonds is 5. The lowest BCUT2D eigenvalue weighted by Crippen LogP contribution is -2.46. The summed E-state index contributed by atoms with van der Waals surface area (Å²) in [5.74, 6) is 1.06. The molecule has 1 unspecified atom stereocenters. The predicted molar refractivity (Wildman–Crippen MR) is 101 cm³/mol. The van der Waals surface area contributed by atoms with E-state index in [9.17, 15) is 4.39 Å². The highest BCUT2D eigenvalue weighted by atomic mass is 19.1. The zero-order valence-corrected chi connectivity index (χ0v) is 15.4. The van der Waals surface area contributed by atoms with E-state index in [0.29, 0.717) is 18.3 Å². The molecular weight excluding hydrogens is 343 g/mol. The van der Waals surface area contributed by atoms with Gasteiger partial charge in [0.05, 0.1) is 6.04 Å². The van der Waals surface area contributed by atoms with Gasteiger partial charge in [0.1, 0.15) is 5.82 Å². The first-order chi connectivity index (χ1) is 13.2. The van der Waals surface area contributed by atoms with Gasteiger partial charge < -0.3 is 4.42 Å². The molecule has 0 amide bonds. The fraction of sp³-hybridized carbons (Fsp3) is 0.333. The molecule has 5 nitrogen and oxygen atoms in total. The van der Waals surface area contributed by atoms with Crippen LogP contribution in [0.1, 0.15) is 24.4 Å². The molecule has 6 heteroatoms. The molecule has 2 aromatic carbocycles. The van der Waals surface area contributed by atoms with Gasteiger partial charge in [-0.05, 0) is 25.1 Å². The average molecular weight is 366 g/mol. The molecule has 1 saturated heterocycles. The van der Waals surface area contributed by atoms with Crippen LogP contribution in [0, 0.1) is 5.82 Å². The van der Waals surface area contributed by atoms with Crippen LogP contribution in [-0.4, -0.2) is 46.2 Å². The summed E-state index contributed by atoms with van der Waals surface area (Å²) < 4.78 is 19.7. The van der Waals surface area contributed by atoms with Crippen molar-refractivity contribution in [2.24, 2.45) is 0 Å². The van der Waals surface area contributed by atoms with Crippen molar-refractivity contribution in [3.05, 3.63) is 71.9 Å². The third kappa shape index (κ3) is 4.07. The fourth-order valence-electron chi connectivity index (χ4n) is 3.43. The number of hydrogen-bond acceptors (Lipinski definition) is 5. The van der Waals surface area contributed by atoms with Gasteiger partial charge in [0, 0.05) is 43.9 Å². The summed E-state index contributed by atoms with van der Waals surface area (Å²) in [6.07, 6.45) is 0. The summed E-state index contributed by atoms with van der Waals surface area (Å²) in [4.78, 5) is 4.62. The van der Waals surface area contributed by atoms with Crippen LogP contribution >= 0.6 is 0 Å². The normalized spacial score (nSPS) is 17.1. The number of aromatic nitrogens is 2. The number of benzene rings is 2. The molecule has 0 saturated carbocycles. The minimum atomic E-state index is -0.132. The molecule has 2 heterocycles. The molecule has 1 aliphatic rings. The van der Waals surface area contributed by atoms with Crippen molar-refractivity contribution in [2.45, 2.75) is 19.5 Å². The zero-order valence-electron chi connectivity index (χ0n) is 15.4. The van der Waals surface area contributed by atoms with E-state index in [0.717, 1.165) is 37.3 Å². The van der Waals surface area contributed by atoms with Crippen molar-refractivity contribution >= 4 is 0 Å². The highest BCUT2D eigenvalue weighted by Gasteiger charge is 2.26. The van der Waals surface area contributed by atoms with E-state index in [2.05, 4.69) is 26.9 Å². The van der Waals surface area contributed by atoms with Crippen LogP contribution in [0.5, 0.6) is 0 Å². The first-order valence-electron chi connectivity index (χ1n) is 9.29. The smallest absolute Gasteiger partial charge is 0.247 e. The van der Waals surface area contributed by atoms with Crippen molar-refractivity contribution in [3.8, 4) is 11.5 Å². The molecular formula is C21H23FN4O. The number of hydrogen-bond donors (Lipinski definition) is 0. The van der Waals surface area contributed by atoms with E-state index >= 15 is 0 Å². The minimum absolute atomic E-state index is 0.0607. The van der Waals surface area contributed by atoms with Gasteiger partial charge in [-0.15, -0.1) is 10.2 Å². The monoisotopic (exact) mass is 366 g/mol. The van der Waals surface area contributed by atoms with Gasteiger partial charge in [-0.3, -0.25) is 9.80 Å². The van der Waals surface area contributed by atoms with E-state index in [-0.39, 0.29) is 11.9 Å². The number of nitrogens with zero attached hydrogens (tertiary/aromatic N) is 4. The van der Waals surface area contributed by atoms with Gasteiger partial charge in [0.25, 0.3) is 0 Å². The summed E-state index contributed by atoms with van der Waals surface area (Å²) >= 11 is 0. The van der Waals surface area contributed by atoms with Crippen molar-refractivity contribution in [1.29, 1.82) is 0 Å². The second kappa shape index (κ2) is 7.98. The molecule has 27 heavy (non-hydrogen) atoms. The molecule has 1 atom stereocenters. The van der Waals surface area contributed by atoms with Gasteiger partial charge >= 0.3 is 0 Å². The molecule has 3 aromatic rings. The maximum atomic E-state index is 13.8. The van der Waals surface area contributed by atoms with Crippen LogP contribution in [0.4, 0.5) is 4.39 Å². The molecule has 0 aliphatic carbocycles. The lowest BCUT2D eigenvalue weighted by atomic mass is 10.1. The third-order valence-electron chi connectivity index (χ3n) is 5.13. The summed E-state index contributed by atoms with van der Waals surface area (Å²) in [5.41, 5.74) is 1.68. The topological polar surface area (TPSA) is 45.4 Å². The Labute approximate surface area is 158 Å². The van der Waals surface area contributed by atoms with Gasteiger partial charge in [-0.25, -0.2) is 4.39 Å². The Kier molecular flexibility index (Phi) is 5.27. The Bertz CT molecular complexity index is 875. The van der Waals surface area contributed by atoms with E-state index in [1.165, 1.54) is 6.07 Å². The van der Waals surface area contributed by atoms with E-state index in [4.69, 9.17) is 4.42 Å². The quantitative estimate of drug-likeness (QED) is 0.688. The molecule has 0 spiro atoms. The Hall–Kier alpha value is -2.57. The maximum Gasteiger partial charge on any atom is 0.247 e. The van der Waals surface area contributed by atoms with Gasteiger partial charge in [-0.1, -0.05) is 36.4 Å². The second-order valence-corrected chi connectivity index (χ2v) is 6.89. The van der Waals surface area contributed by atoms with E-state index in [1.54, 1.807) is 6.07 Å². The number of halogens is 1. The lowest BCUT2D eigenvalue weighted by molar-refractivity contribution is 0.0870. The first kappa shape index (κ1) is 17.8. The molecule has 1 aliphatic heterocycles. The van der Waals surface area contributed by atoms with Crippen LogP contribution in [-0.2, 0) is 6.54 Å². The molecule has 1 aromatic heterocycles. The fourth-order valence-corrected chi connectivity index (χ4v) is 3.43. The molecule has 140 valence electrons. The Morgan fingerprint density at radius 3 is 2.41 bits per heavy atom. The molecule has 0 radical (unpaired) electrons. The van der Waals surface area contributed by atoms with Crippen LogP contribution in [0.2, 0.25) is 0 Å². The van der Waals surface area contributed by atoms with E-state index < -0.39 is 0 Å². The van der Waals surface area contributed by atoms with Crippen LogP contribution < -0.4 is 0 Å². The standard InChI is InChI=1S/C21H23FN4O/c1-16(20-23-24-21(27-20)17-7-3-2-4-8-17)26-13-11-25(12-14-26)15-18-9-5-6-10-19(18)22/h2-10,16H,11-15H2,1H3. The Balaban J connectivity index is 1.36. The van der Waals surface area contributed by atoms with Gasteiger partial charge in [0.2, 0.25) is 11.8 Å². The highest BCUT2D eigenvalue weighted by Crippen LogP contribution is 2.25. The average Bonchev–Trinajstić information content (AvgIpc) is 3.21. The van der Waals surface area contributed by atoms with Crippen molar-refractivity contribution in [3.63, 3.8) is 0 Å². The molecule has 0 N–H and O–H groups in total. The largest absolute Gasteiger partial charge is 0.419 e. The Morgan fingerprint density at radius 2 is 1.67 bits per heavy atom. The lowest BCUT2D eigenvalue weighted by Gasteiger charge is -2.36. The summed E-state index contributed by atoms with van der Waals surface area (Å²) in [6.45, 7) is 6.29. The van der Waals surface area contributed by atoms with Crippen molar-refractivity contribution < 1.29 is 8.81 Å². The molecule has 1 fully saturated rings. The Morgan fingerprint density at radius 1 is 0.963 bits per heavy atom.